The van der Waals surface area contributed by atoms with Gasteiger partial charge in [-0.1, -0.05) is 0 Å². The van der Waals surface area contributed by atoms with E-state index in [0.29, 0.717) is 0 Å². The molecule has 0 spiro atoms. The molecule has 0 unspecified atom stereocenters. The van der Waals surface area contributed by atoms with Crippen molar-refractivity contribution >= 4 is 26.0 Å². The average Bonchev–Trinajstić information content (AvgIpc) is 1.54. The van der Waals surface area contributed by atoms with E-state index >= 15 is 0 Å². The lowest BCUT2D eigenvalue weighted by Gasteiger charge is -1.51. The monoisotopic (exact) mass is 222 g/mol. The van der Waals surface area contributed by atoms with E-state index in [4.69, 9.17) is 0 Å². The van der Waals surface area contributed by atoms with Gasteiger partial charge in [0.2, 0.25) is 0 Å². The Morgan fingerprint density at radius 3 is 0.500 bits per heavy atom. The summed E-state index contributed by atoms with van der Waals surface area (Å²) in [6.45, 7) is 10.3. The van der Waals surface area contributed by atoms with Gasteiger partial charge in [0.1, 0.15) is 0 Å². The zero-order valence-corrected chi connectivity index (χ0v) is 11.7. The highest BCUT2D eigenvalue weighted by atomic mass is 28.3. The molecular formula is C6H18O3Si3. The first kappa shape index (κ1) is 18.0. The lowest BCUT2D eigenvalue weighted by molar-refractivity contribution is 0.568. The van der Waals surface area contributed by atoms with Crippen LogP contribution in [0.1, 0.15) is 0 Å². The standard InChI is InChI=1S/3C2H6OSi/c3*1-4(2)3/h3*1-2H3. The molecule has 0 heterocycles. The van der Waals surface area contributed by atoms with Gasteiger partial charge >= 0.3 is 0 Å². The van der Waals surface area contributed by atoms with E-state index in [1.165, 1.54) is 0 Å². The topological polar surface area (TPSA) is 51.2 Å². The van der Waals surface area contributed by atoms with Crippen LogP contribution < -0.4 is 0 Å². The van der Waals surface area contributed by atoms with Crippen molar-refractivity contribution in [1.82, 2.24) is 0 Å². The Balaban J connectivity index is -0.000000101. The zero-order chi connectivity index (χ0) is 10.7. The number of hydrogen-bond acceptors (Lipinski definition) is 3. The first-order valence-corrected chi connectivity index (χ1v) is 10.8. The third kappa shape index (κ3) is 321000. The van der Waals surface area contributed by atoms with E-state index in [1.54, 1.807) is 39.3 Å². The van der Waals surface area contributed by atoms with Crippen molar-refractivity contribution in [2.24, 2.45) is 0 Å². The second kappa shape index (κ2) is 13.6. The summed E-state index contributed by atoms with van der Waals surface area (Å²) in [4.78, 5) is 0. The molecule has 0 aromatic heterocycles. The molecule has 0 aliphatic rings. The van der Waals surface area contributed by atoms with Crippen LogP contribution in [0.4, 0.5) is 0 Å². The van der Waals surface area contributed by atoms with Crippen molar-refractivity contribution in [3.8, 4) is 0 Å². The Bertz CT molecular complexity index is 116. The molecule has 0 saturated carbocycles. The predicted molar refractivity (Wildman–Crippen MR) is 54.5 cm³/mol. The second-order valence-electron chi connectivity index (χ2n) is 2.72. The summed E-state index contributed by atoms with van der Waals surface area (Å²) in [6.07, 6.45) is 0. The maximum atomic E-state index is 9.63. The quantitative estimate of drug-likeness (QED) is 0.589. The molecule has 0 aliphatic heterocycles. The molecule has 0 aromatic rings. The fraction of sp³-hybridized carbons (Fsp3) is 1.00. The number of hydrogen-bond donors (Lipinski definition) is 0. The summed E-state index contributed by atoms with van der Waals surface area (Å²) < 4.78 is 28.9. The Morgan fingerprint density at radius 1 is 0.500 bits per heavy atom. The Labute approximate surface area is 79.2 Å². The van der Waals surface area contributed by atoms with E-state index in [1.807, 2.05) is 0 Å². The van der Waals surface area contributed by atoms with Crippen molar-refractivity contribution in [2.75, 3.05) is 0 Å². The van der Waals surface area contributed by atoms with Gasteiger partial charge in [-0.25, -0.2) is 0 Å². The van der Waals surface area contributed by atoms with Gasteiger partial charge in [-0.05, 0) is 39.3 Å². The highest BCUT2D eigenvalue weighted by Gasteiger charge is 1.69. The van der Waals surface area contributed by atoms with E-state index in [9.17, 15) is 13.4 Å². The van der Waals surface area contributed by atoms with Crippen molar-refractivity contribution in [3.05, 3.63) is 0 Å². The van der Waals surface area contributed by atoms with Crippen LogP contribution in [0.3, 0.4) is 0 Å². The average molecular weight is 222 g/mol. The second-order valence-corrected chi connectivity index (χ2v) is 8.17. The lowest BCUT2D eigenvalue weighted by atomic mass is 11.9. The van der Waals surface area contributed by atoms with E-state index < -0.39 is 26.0 Å². The summed E-state index contributed by atoms with van der Waals surface area (Å²) in [6, 6.07) is 0. The van der Waals surface area contributed by atoms with Crippen LogP contribution >= 0.6 is 0 Å². The molecule has 0 rings (SSSR count). The maximum Gasteiger partial charge on any atom is 0.270 e. The molecule has 0 radical (unpaired) electrons. The van der Waals surface area contributed by atoms with Gasteiger partial charge in [0.15, 0.2) is 0 Å². The molecule has 0 N–H and O–H groups in total. The summed E-state index contributed by atoms with van der Waals surface area (Å²) in [5.41, 5.74) is 0. The van der Waals surface area contributed by atoms with Crippen LogP contribution in [-0.2, 0) is 13.4 Å². The smallest absolute Gasteiger partial charge is 0.270 e. The molecule has 12 heavy (non-hydrogen) atoms. The highest BCUT2D eigenvalue weighted by Crippen LogP contribution is 1.50. The Kier molecular flexibility index (Phi) is 20.4. The summed E-state index contributed by atoms with van der Waals surface area (Å²) in [5, 5.41) is 0. The van der Waals surface area contributed by atoms with Crippen molar-refractivity contribution in [3.63, 3.8) is 0 Å². The Hall–Kier alpha value is 0.0506. The van der Waals surface area contributed by atoms with Crippen molar-refractivity contribution < 1.29 is 13.4 Å². The minimum Gasteiger partial charge on any atom is -0.389 e. The number of rotatable bonds is 0. The summed E-state index contributed by atoms with van der Waals surface area (Å²) >= 11 is 0. The normalized spacial score (nSPS) is 6.50. The third-order valence-electron chi connectivity index (χ3n) is 0. The minimum absolute atomic E-state index is 1.13. The molecule has 0 fully saturated rings. The van der Waals surface area contributed by atoms with Crippen LogP contribution in [0.5, 0.6) is 0 Å². The predicted octanol–water partition coefficient (Wildman–Crippen LogP) is 2.00. The summed E-state index contributed by atoms with van der Waals surface area (Å²) in [5.74, 6) is 0. The van der Waals surface area contributed by atoms with Gasteiger partial charge in [0.25, 0.3) is 26.0 Å². The molecular weight excluding hydrogens is 204 g/mol. The lowest BCUT2D eigenvalue weighted by Crippen LogP contribution is -1.72. The molecule has 0 amide bonds. The molecule has 6 heteroatoms. The van der Waals surface area contributed by atoms with Gasteiger partial charge in [-0.3, -0.25) is 0 Å². The molecule has 72 valence electrons. The van der Waals surface area contributed by atoms with E-state index in [2.05, 4.69) is 0 Å². The fourth-order valence-corrected chi connectivity index (χ4v) is 0. The van der Waals surface area contributed by atoms with Crippen LogP contribution in [0.15, 0.2) is 0 Å². The first-order chi connectivity index (χ1) is 5.20. The largest absolute Gasteiger partial charge is 0.389 e. The molecule has 3 nitrogen and oxygen atoms in total. The zero-order valence-electron chi connectivity index (χ0n) is 8.72. The minimum atomic E-state index is -1.13. The van der Waals surface area contributed by atoms with Crippen molar-refractivity contribution in [2.45, 2.75) is 39.3 Å². The van der Waals surface area contributed by atoms with Crippen LogP contribution in [0, 0.1) is 0 Å². The van der Waals surface area contributed by atoms with Gasteiger partial charge in [0, 0.05) is 0 Å². The van der Waals surface area contributed by atoms with Gasteiger partial charge < -0.3 is 13.4 Å². The molecule has 0 bridgehead atoms. The molecule has 0 atom stereocenters. The van der Waals surface area contributed by atoms with Gasteiger partial charge in [-0.2, -0.15) is 0 Å². The van der Waals surface area contributed by atoms with Crippen LogP contribution in [-0.4, -0.2) is 26.0 Å². The molecule has 0 saturated heterocycles. The third-order valence-corrected chi connectivity index (χ3v) is 0. The highest BCUT2D eigenvalue weighted by molar-refractivity contribution is 6.39. The maximum absolute atomic E-state index is 9.63. The van der Waals surface area contributed by atoms with Crippen LogP contribution in [0.25, 0.3) is 0 Å². The fourth-order valence-electron chi connectivity index (χ4n) is 0. The van der Waals surface area contributed by atoms with Gasteiger partial charge in [-0.15, -0.1) is 0 Å². The Morgan fingerprint density at radius 2 is 0.500 bits per heavy atom. The molecule has 0 aliphatic carbocycles. The van der Waals surface area contributed by atoms with E-state index in [0.717, 1.165) is 0 Å². The first-order valence-electron chi connectivity index (χ1n) is 3.61. The van der Waals surface area contributed by atoms with E-state index in [-0.39, 0.29) is 0 Å². The summed E-state index contributed by atoms with van der Waals surface area (Å²) in [7, 11) is -3.39. The van der Waals surface area contributed by atoms with Crippen LogP contribution in [0.2, 0.25) is 39.3 Å². The van der Waals surface area contributed by atoms with Crippen molar-refractivity contribution in [1.29, 1.82) is 0 Å². The SMILES string of the molecule is C[Si](C)=O.C[Si](C)=O.C[Si](C)=O. The molecule has 0 aromatic carbocycles. The van der Waals surface area contributed by atoms with Gasteiger partial charge in [0.05, 0.1) is 0 Å².